The van der Waals surface area contributed by atoms with E-state index in [-0.39, 0.29) is 0 Å². The smallest absolute Gasteiger partial charge is 0.382 e. The quantitative estimate of drug-likeness (QED) is 0.658. The third kappa shape index (κ3) is 3.08. The Balaban J connectivity index is 2.47. The second-order valence-corrected chi connectivity index (χ2v) is 3.84. The molecule has 0 spiro atoms. The molecule has 92 valence electrons. The van der Waals surface area contributed by atoms with Crippen LogP contribution in [0.15, 0.2) is 48.5 Å². The molecule has 0 heterocycles. The van der Waals surface area contributed by atoms with E-state index in [4.69, 9.17) is 5.11 Å². The average Bonchev–Trinajstić information content (AvgIpc) is 2.45. The Morgan fingerprint density at radius 3 is 2.37 bits per heavy atom. The van der Waals surface area contributed by atoms with Crippen LogP contribution in [0.3, 0.4) is 0 Å². The topological polar surface area (TPSA) is 54.4 Å². The minimum atomic E-state index is -1.16. The fraction of sp³-hybridized carbons (Fsp3) is 0. The van der Waals surface area contributed by atoms with Crippen LogP contribution in [-0.4, -0.2) is 17.4 Å². The molecule has 0 aromatic heterocycles. The van der Waals surface area contributed by atoms with Crippen LogP contribution in [0.25, 0.3) is 11.1 Å². The zero-order valence-electron chi connectivity index (χ0n) is 9.96. The molecular weight excluding hydrogens is 240 g/mol. The lowest BCUT2D eigenvalue weighted by Gasteiger charge is -2.04. The molecule has 0 bridgehead atoms. The van der Waals surface area contributed by atoms with Gasteiger partial charge in [0.15, 0.2) is 0 Å². The lowest BCUT2D eigenvalue weighted by atomic mass is 9.99. The predicted molar refractivity (Wildman–Crippen MR) is 71.8 cm³/mol. The van der Waals surface area contributed by atoms with E-state index in [0.29, 0.717) is 11.1 Å². The zero-order valence-corrected chi connectivity index (χ0v) is 9.96. The molecular formula is C16H10O3. The van der Waals surface area contributed by atoms with E-state index in [1.165, 1.54) is 0 Å². The number of carboxylic acids is 1. The number of carbonyl (C=O) groups is 2. The Bertz CT molecular complexity index is 673. The van der Waals surface area contributed by atoms with Crippen molar-refractivity contribution in [3.05, 3.63) is 59.7 Å². The number of benzene rings is 2. The highest BCUT2D eigenvalue weighted by atomic mass is 16.4. The molecule has 0 aliphatic heterocycles. The van der Waals surface area contributed by atoms with Crippen LogP contribution in [0, 0.1) is 11.8 Å². The number of aliphatic carboxylic acids is 1. The summed E-state index contributed by atoms with van der Waals surface area (Å²) in [5, 5.41) is 8.59. The minimum absolute atomic E-state index is 0.595. The predicted octanol–water partition coefficient (Wildman–Crippen LogP) is 2.60. The van der Waals surface area contributed by atoms with Crippen molar-refractivity contribution in [1.29, 1.82) is 0 Å². The summed E-state index contributed by atoms with van der Waals surface area (Å²) in [7, 11) is 0. The Hall–Kier alpha value is -2.86. The lowest BCUT2D eigenvalue weighted by Crippen LogP contribution is -1.89. The fourth-order valence-corrected chi connectivity index (χ4v) is 1.71. The van der Waals surface area contributed by atoms with Crippen molar-refractivity contribution in [2.75, 3.05) is 0 Å². The molecule has 0 unspecified atom stereocenters. The maximum absolute atomic E-state index is 10.6. The van der Waals surface area contributed by atoms with Crippen LogP contribution in [0.2, 0.25) is 0 Å². The first kappa shape index (κ1) is 12.6. The summed E-state index contributed by atoms with van der Waals surface area (Å²) in [5.74, 6) is 3.56. The number of hydrogen-bond donors (Lipinski definition) is 1. The first-order valence-electron chi connectivity index (χ1n) is 5.60. The van der Waals surface area contributed by atoms with E-state index in [1.54, 1.807) is 24.3 Å². The highest BCUT2D eigenvalue weighted by molar-refractivity contribution is 5.88. The van der Waals surface area contributed by atoms with E-state index in [1.807, 2.05) is 24.3 Å². The first-order valence-corrected chi connectivity index (χ1v) is 5.60. The fourth-order valence-electron chi connectivity index (χ4n) is 1.71. The molecule has 2 rings (SSSR count). The summed E-state index contributed by atoms with van der Waals surface area (Å²) >= 11 is 0. The van der Waals surface area contributed by atoms with E-state index in [0.717, 1.165) is 17.4 Å². The Kier molecular flexibility index (Phi) is 3.75. The summed E-state index contributed by atoms with van der Waals surface area (Å²) in [6.07, 6.45) is 0.778. The Morgan fingerprint density at radius 1 is 1.05 bits per heavy atom. The van der Waals surface area contributed by atoms with Crippen molar-refractivity contribution in [2.24, 2.45) is 0 Å². The molecule has 0 amide bonds. The highest BCUT2D eigenvalue weighted by Gasteiger charge is 2.02. The molecule has 19 heavy (non-hydrogen) atoms. The monoisotopic (exact) mass is 250 g/mol. The maximum atomic E-state index is 10.6. The number of carboxylic acid groups (broad SMARTS) is 1. The Labute approximate surface area is 110 Å². The van der Waals surface area contributed by atoms with Crippen molar-refractivity contribution in [2.45, 2.75) is 0 Å². The second kappa shape index (κ2) is 5.65. The van der Waals surface area contributed by atoms with Crippen molar-refractivity contribution in [3.8, 4) is 23.0 Å². The molecule has 0 saturated carbocycles. The highest BCUT2D eigenvalue weighted by Crippen LogP contribution is 2.23. The molecule has 0 radical (unpaired) electrons. The van der Waals surface area contributed by atoms with Crippen LogP contribution < -0.4 is 0 Å². The standard InChI is InChI=1S/C16H10O3/c17-11-12-5-7-14(8-6-12)15-4-2-1-3-13(15)9-10-16(18)19/h1-8,11H,(H,18,19). The van der Waals surface area contributed by atoms with E-state index in [9.17, 15) is 9.59 Å². The SMILES string of the molecule is O=Cc1ccc(-c2ccccc2C#CC(=O)O)cc1. The molecule has 0 aliphatic rings. The summed E-state index contributed by atoms with van der Waals surface area (Å²) in [4.78, 5) is 21.1. The molecule has 0 aliphatic carbocycles. The molecule has 2 aromatic rings. The lowest BCUT2D eigenvalue weighted by molar-refractivity contribution is -0.130. The molecule has 0 saturated heterocycles. The van der Waals surface area contributed by atoms with Crippen LogP contribution in [0.1, 0.15) is 15.9 Å². The van der Waals surface area contributed by atoms with Gasteiger partial charge in [-0.2, -0.15) is 0 Å². The minimum Gasteiger partial charge on any atom is -0.472 e. The maximum Gasteiger partial charge on any atom is 0.382 e. The van der Waals surface area contributed by atoms with Gasteiger partial charge in [0, 0.05) is 17.0 Å². The van der Waals surface area contributed by atoms with Crippen molar-refractivity contribution in [1.82, 2.24) is 0 Å². The molecule has 3 heteroatoms. The van der Waals surface area contributed by atoms with Gasteiger partial charge in [0.05, 0.1) is 0 Å². The van der Waals surface area contributed by atoms with Crippen LogP contribution in [-0.2, 0) is 4.79 Å². The number of rotatable bonds is 2. The van der Waals surface area contributed by atoms with Crippen molar-refractivity contribution in [3.63, 3.8) is 0 Å². The van der Waals surface area contributed by atoms with Crippen molar-refractivity contribution < 1.29 is 14.7 Å². The van der Waals surface area contributed by atoms with E-state index < -0.39 is 5.97 Å². The third-order valence-corrected chi connectivity index (χ3v) is 2.59. The summed E-state index contributed by atoms with van der Waals surface area (Å²) < 4.78 is 0. The van der Waals surface area contributed by atoms with Gasteiger partial charge in [-0.3, -0.25) is 4.79 Å². The van der Waals surface area contributed by atoms with Gasteiger partial charge >= 0.3 is 5.97 Å². The number of carbonyl (C=O) groups excluding carboxylic acids is 1. The van der Waals surface area contributed by atoms with E-state index >= 15 is 0 Å². The van der Waals surface area contributed by atoms with Gasteiger partial charge in [-0.15, -0.1) is 0 Å². The van der Waals surface area contributed by atoms with Gasteiger partial charge in [-0.05, 0) is 17.2 Å². The summed E-state index contributed by atoms with van der Waals surface area (Å²) in [6, 6.07) is 14.3. The van der Waals surface area contributed by atoms with Gasteiger partial charge in [-0.25, -0.2) is 4.79 Å². The van der Waals surface area contributed by atoms with Crippen LogP contribution in [0.4, 0.5) is 0 Å². The van der Waals surface area contributed by atoms with Gasteiger partial charge < -0.3 is 5.11 Å². The van der Waals surface area contributed by atoms with E-state index in [2.05, 4.69) is 11.8 Å². The van der Waals surface area contributed by atoms with Gasteiger partial charge in [0.1, 0.15) is 6.29 Å². The summed E-state index contributed by atoms with van der Waals surface area (Å²) in [6.45, 7) is 0. The van der Waals surface area contributed by atoms with Gasteiger partial charge in [0.2, 0.25) is 0 Å². The average molecular weight is 250 g/mol. The largest absolute Gasteiger partial charge is 0.472 e. The van der Waals surface area contributed by atoms with Gasteiger partial charge in [0.25, 0.3) is 0 Å². The Morgan fingerprint density at radius 2 is 1.74 bits per heavy atom. The molecule has 0 atom stereocenters. The number of aldehydes is 1. The van der Waals surface area contributed by atoms with Crippen LogP contribution in [0.5, 0.6) is 0 Å². The normalized spacial score (nSPS) is 9.26. The number of hydrogen-bond acceptors (Lipinski definition) is 2. The molecule has 2 aromatic carbocycles. The zero-order chi connectivity index (χ0) is 13.7. The molecule has 3 nitrogen and oxygen atoms in total. The van der Waals surface area contributed by atoms with Crippen molar-refractivity contribution >= 4 is 12.3 Å². The van der Waals surface area contributed by atoms with Crippen LogP contribution >= 0.6 is 0 Å². The first-order chi connectivity index (χ1) is 9.20. The third-order valence-electron chi connectivity index (χ3n) is 2.59. The summed E-state index contributed by atoms with van der Waals surface area (Å²) in [5.41, 5.74) is 2.97. The molecule has 1 N–H and O–H groups in total. The second-order valence-electron chi connectivity index (χ2n) is 3.84. The van der Waals surface area contributed by atoms with Gasteiger partial charge in [-0.1, -0.05) is 48.4 Å². The molecule has 0 fully saturated rings.